The van der Waals surface area contributed by atoms with E-state index in [1.54, 1.807) is 0 Å². The molecule has 1 N–H and O–H groups in total. The Morgan fingerprint density at radius 1 is 1.15 bits per heavy atom. The van der Waals surface area contributed by atoms with Crippen LogP contribution in [0, 0.1) is 0 Å². The molecular weight excluding hydrogens is 162 g/mol. The van der Waals surface area contributed by atoms with E-state index in [0.29, 0.717) is 6.04 Å². The minimum absolute atomic E-state index is 0.00436. The number of hydrogen-bond acceptors (Lipinski definition) is 2. The molecule has 0 aliphatic carbocycles. The Morgan fingerprint density at radius 2 is 1.69 bits per heavy atom. The first kappa shape index (κ1) is 12.9. The molecule has 0 atom stereocenters. The van der Waals surface area contributed by atoms with Crippen LogP contribution in [0.4, 0.5) is 0 Å². The maximum Gasteiger partial charge on any atom is 0.0599 e. The molecule has 80 valence electrons. The van der Waals surface area contributed by atoms with Gasteiger partial charge < -0.3 is 10.1 Å². The summed E-state index contributed by atoms with van der Waals surface area (Å²) >= 11 is 0. The van der Waals surface area contributed by atoms with Crippen LogP contribution in [0.5, 0.6) is 0 Å². The molecule has 2 nitrogen and oxygen atoms in total. The van der Waals surface area contributed by atoms with Crippen LogP contribution in [0.1, 0.15) is 47.5 Å². The number of ether oxygens (including phenoxy) is 1. The van der Waals surface area contributed by atoms with Gasteiger partial charge in [0.2, 0.25) is 0 Å². The van der Waals surface area contributed by atoms with Crippen molar-refractivity contribution in [3.8, 4) is 0 Å². The Labute approximate surface area is 83.1 Å². The first-order valence-electron chi connectivity index (χ1n) is 5.37. The zero-order valence-electron chi connectivity index (χ0n) is 9.81. The zero-order valence-corrected chi connectivity index (χ0v) is 9.81. The van der Waals surface area contributed by atoms with Crippen LogP contribution < -0.4 is 5.32 Å². The summed E-state index contributed by atoms with van der Waals surface area (Å²) in [7, 11) is 0. The zero-order chi connectivity index (χ0) is 10.3. The van der Waals surface area contributed by atoms with Crippen LogP contribution in [0.25, 0.3) is 0 Å². The molecule has 0 aromatic carbocycles. The Bertz CT molecular complexity index is 114. The molecule has 0 bridgehead atoms. The van der Waals surface area contributed by atoms with Gasteiger partial charge in [-0.25, -0.2) is 0 Å². The van der Waals surface area contributed by atoms with Gasteiger partial charge in [0.25, 0.3) is 0 Å². The van der Waals surface area contributed by atoms with Crippen molar-refractivity contribution in [3.05, 3.63) is 0 Å². The van der Waals surface area contributed by atoms with Crippen molar-refractivity contribution in [2.24, 2.45) is 0 Å². The van der Waals surface area contributed by atoms with Crippen LogP contribution >= 0.6 is 0 Å². The van der Waals surface area contributed by atoms with Crippen LogP contribution in [-0.2, 0) is 4.74 Å². The van der Waals surface area contributed by atoms with Gasteiger partial charge in [0, 0.05) is 12.6 Å². The highest BCUT2D eigenvalue weighted by molar-refractivity contribution is 4.63. The lowest BCUT2D eigenvalue weighted by atomic mass is 10.2. The van der Waals surface area contributed by atoms with Gasteiger partial charge in [-0.2, -0.15) is 0 Å². The summed E-state index contributed by atoms with van der Waals surface area (Å²) < 4.78 is 5.61. The minimum Gasteiger partial charge on any atom is -0.375 e. The summed E-state index contributed by atoms with van der Waals surface area (Å²) in [5.41, 5.74) is -0.00436. The van der Waals surface area contributed by atoms with Gasteiger partial charge in [-0.1, -0.05) is 13.8 Å². The second-order valence-electron chi connectivity index (χ2n) is 4.43. The standard InChI is InChI=1S/C11H25NO/c1-6-10(7-2)12-8-9-13-11(3,4)5/h10,12H,6-9H2,1-5H3. The van der Waals surface area contributed by atoms with Gasteiger partial charge in [0.05, 0.1) is 12.2 Å². The maximum atomic E-state index is 5.61. The van der Waals surface area contributed by atoms with Crippen molar-refractivity contribution < 1.29 is 4.74 Å². The molecule has 0 saturated carbocycles. The third kappa shape index (κ3) is 8.26. The van der Waals surface area contributed by atoms with Gasteiger partial charge in [-0.15, -0.1) is 0 Å². The quantitative estimate of drug-likeness (QED) is 0.645. The fraction of sp³-hybridized carbons (Fsp3) is 1.00. The lowest BCUT2D eigenvalue weighted by Gasteiger charge is -2.21. The Morgan fingerprint density at radius 3 is 2.08 bits per heavy atom. The van der Waals surface area contributed by atoms with Crippen molar-refractivity contribution in [1.82, 2.24) is 5.32 Å². The lowest BCUT2D eigenvalue weighted by Crippen LogP contribution is -2.33. The maximum absolute atomic E-state index is 5.61. The van der Waals surface area contributed by atoms with Gasteiger partial charge in [0.15, 0.2) is 0 Å². The van der Waals surface area contributed by atoms with Gasteiger partial charge >= 0.3 is 0 Å². The third-order valence-corrected chi connectivity index (χ3v) is 2.06. The SMILES string of the molecule is CCC(CC)NCCOC(C)(C)C. The van der Waals surface area contributed by atoms with E-state index >= 15 is 0 Å². The first-order valence-corrected chi connectivity index (χ1v) is 5.37. The molecule has 0 unspecified atom stereocenters. The van der Waals surface area contributed by atoms with Crippen LogP contribution in [-0.4, -0.2) is 24.8 Å². The molecule has 0 spiro atoms. The van der Waals surface area contributed by atoms with Crippen LogP contribution in [0.15, 0.2) is 0 Å². The van der Waals surface area contributed by atoms with E-state index in [0.717, 1.165) is 13.2 Å². The highest BCUT2D eigenvalue weighted by Crippen LogP contribution is 2.05. The summed E-state index contributed by atoms with van der Waals surface area (Å²) in [5.74, 6) is 0. The van der Waals surface area contributed by atoms with E-state index < -0.39 is 0 Å². The average molecular weight is 187 g/mol. The van der Waals surface area contributed by atoms with E-state index in [2.05, 4.69) is 39.9 Å². The summed E-state index contributed by atoms with van der Waals surface area (Å²) in [6.07, 6.45) is 2.40. The molecule has 2 heteroatoms. The van der Waals surface area contributed by atoms with E-state index in [1.165, 1.54) is 12.8 Å². The largest absolute Gasteiger partial charge is 0.375 e. The smallest absolute Gasteiger partial charge is 0.0599 e. The molecule has 0 saturated heterocycles. The Balaban J connectivity index is 3.34. The number of hydrogen-bond donors (Lipinski definition) is 1. The van der Waals surface area contributed by atoms with Crippen molar-refractivity contribution in [3.63, 3.8) is 0 Å². The van der Waals surface area contributed by atoms with Crippen LogP contribution in [0.3, 0.4) is 0 Å². The van der Waals surface area contributed by atoms with Gasteiger partial charge in [-0.3, -0.25) is 0 Å². The molecule has 0 heterocycles. The molecule has 0 rings (SSSR count). The van der Waals surface area contributed by atoms with Gasteiger partial charge in [-0.05, 0) is 33.6 Å². The predicted molar refractivity (Wildman–Crippen MR) is 58.1 cm³/mol. The average Bonchev–Trinajstić information content (AvgIpc) is 2.03. The fourth-order valence-electron chi connectivity index (χ4n) is 1.20. The summed E-state index contributed by atoms with van der Waals surface area (Å²) in [6.45, 7) is 12.5. The van der Waals surface area contributed by atoms with Crippen LogP contribution in [0.2, 0.25) is 0 Å². The summed E-state index contributed by atoms with van der Waals surface area (Å²) in [5, 5.41) is 3.47. The third-order valence-electron chi connectivity index (χ3n) is 2.06. The predicted octanol–water partition coefficient (Wildman–Crippen LogP) is 2.58. The van der Waals surface area contributed by atoms with Gasteiger partial charge in [0.1, 0.15) is 0 Å². The molecule has 0 aliphatic heterocycles. The first-order chi connectivity index (χ1) is 5.99. The monoisotopic (exact) mass is 187 g/mol. The molecule has 0 aliphatic rings. The number of rotatable bonds is 6. The highest BCUT2D eigenvalue weighted by Gasteiger charge is 2.09. The topological polar surface area (TPSA) is 21.3 Å². The van der Waals surface area contributed by atoms with Crippen molar-refractivity contribution in [2.45, 2.75) is 59.1 Å². The minimum atomic E-state index is -0.00436. The summed E-state index contributed by atoms with van der Waals surface area (Å²) in [4.78, 5) is 0. The Kier molecular flexibility index (Phi) is 6.35. The molecule has 0 amide bonds. The lowest BCUT2D eigenvalue weighted by molar-refractivity contribution is -0.00168. The molecule has 0 fully saturated rings. The van der Waals surface area contributed by atoms with Crippen molar-refractivity contribution >= 4 is 0 Å². The molecule has 13 heavy (non-hydrogen) atoms. The Hall–Kier alpha value is -0.0800. The van der Waals surface area contributed by atoms with E-state index in [-0.39, 0.29) is 5.60 Å². The molecule has 0 aromatic heterocycles. The second kappa shape index (κ2) is 6.39. The van der Waals surface area contributed by atoms with E-state index in [4.69, 9.17) is 4.74 Å². The van der Waals surface area contributed by atoms with Crippen molar-refractivity contribution in [1.29, 1.82) is 0 Å². The normalized spacial score (nSPS) is 12.5. The van der Waals surface area contributed by atoms with E-state index in [1.807, 2.05) is 0 Å². The second-order valence-corrected chi connectivity index (χ2v) is 4.43. The highest BCUT2D eigenvalue weighted by atomic mass is 16.5. The number of nitrogens with one attached hydrogen (secondary N) is 1. The molecule has 0 radical (unpaired) electrons. The summed E-state index contributed by atoms with van der Waals surface area (Å²) in [6, 6.07) is 0.656. The molecular formula is C11H25NO. The van der Waals surface area contributed by atoms with Crippen molar-refractivity contribution in [2.75, 3.05) is 13.2 Å². The fourth-order valence-corrected chi connectivity index (χ4v) is 1.20. The molecule has 0 aromatic rings. The van der Waals surface area contributed by atoms with E-state index in [9.17, 15) is 0 Å².